The summed E-state index contributed by atoms with van der Waals surface area (Å²) in [4.78, 5) is 37.2. The van der Waals surface area contributed by atoms with E-state index in [1.165, 1.54) is 6.08 Å². The van der Waals surface area contributed by atoms with Crippen molar-refractivity contribution in [2.75, 3.05) is 16.0 Å². The zero-order chi connectivity index (χ0) is 23.8. The fourth-order valence-corrected chi connectivity index (χ4v) is 3.14. The van der Waals surface area contributed by atoms with Crippen LogP contribution in [0.25, 0.3) is 11.3 Å². The molecule has 4 rings (SSSR count). The van der Waals surface area contributed by atoms with Gasteiger partial charge in [0.1, 0.15) is 0 Å². The molecule has 0 radical (unpaired) electrons. The van der Waals surface area contributed by atoms with Crippen molar-refractivity contribution >= 4 is 34.8 Å². The molecule has 168 valence electrons. The predicted molar refractivity (Wildman–Crippen MR) is 133 cm³/mol. The number of carbonyl (C=O) groups is 2. The van der Waals surface area contributed by atoms with Gasteiger partial charge in [0.05, 0.1) is 5.69 Å². The van der Waals surface area contributed by atoms with Gasteiger partial charge in [0, 0.05) is 46.8 Å². The van der Waals surface area contributed by atoms with Gasteiger partial charge in [-0.1, -0.05) is 12.1 Å². The number of allylic oxidation sites excluding steroid dienone is 1. The number of amides is 2. The van der Waals surface area contributed by atoms with Gasteiger partial charge >= 0.3 is 0 Å². The quantitative estimate of drug-likeness (QED) is 0.340. The minimum absolute atomic E-state index is 0.223. The number of anilines is 4. The van der Waals surface area contributed by atoms with Crippen LogP contribution in [0, 0.1) is 0 Å². The summed E-state index contributed by atoms with van der Waals surface area (Å²) in [5, 5.41) is 8.76. The maximum atomic E-state index is 12.7. The molecule has 0 saturated carbocycles. The van der Waals surface area contributed by atoms with E-state index in [1.54, 1.807) is 68.0 Å². The van der Waals surface area contributed by atoms with Gasteiger partial charge in [-0.05, 0) is 73.7 Å². The minimum Gasteiger partial charge on any atom is -0.324 e. The van der Waals surface area contributed by atoms with E-state index in [2.05, 4.69) is 30.9 Å². The molecule has 3 N–H and O–H groups in total. The van der Waals surface area contributed by atoms with Crippen molar-refractivity contribution in [1.82, 2.24) is 15.0 Å². The van der Waals surface area contributed by atoms with Crippen LogP contribution in [-0.4, -0.2) is 26.8 Å². The molecule has 2 heterocycles. The Bertz CT molecular complexity index is 1320. The second-order valence-corrected chi connectivity index (χ2v) is 7.23. The Labute approximate surface area is 196 Å². The summed E-state index contributed by atoms with van der Waals surface area (Å²) in [6.45, 7) is 1.77. The van der Waals surface area contributed by atoms with E-state index in [0.29, 0.717) is 22.9 Å². The van der Waals surface area contributed by atoms with Crippen molar-refractivity contribution in [1.29, 1.82) is 0 Å². The molecule has 8 nitrogen and oxygen atoms in total. The molecule has 0 bridgehead atoms. The number of rotatable bonds is 7. The third-order valence-electron chi connectivity index (χ3n) is 4.72. The Morgan fingerprint density at radius 2 is 1.68 bits per heavy atom. The SMILES string of the molecule is C/C=C/C(=O)Nc1ccc(C(=O)Nc2cccc(Nc3nccc(-c4cccnc4)n3)c2)cc1. The summed E-state index contributed by atoms with van der Waals surface area (Å²) < 4.78 is 0. The van der Waals surface area contributed by atoms with E-state index in [0.717, 1.165) is 16.9 Å². The lowest BCUT2D eigenvalue weighted by atomic mass is 10.2. The highest BCUT2D eigenvalue weighted by atomic mass is 16.2. The van der Waals surface area contributed by atoms with Gasteiger partial charge in [-0.3, -0.25) is 14.6 Å². The number of hydrogen-bond donors (Lipinski definition) is 3. The van der Waals surface area contributed by atoms with Gasteiger partial charge in [-0.25, -0.2) is 9.97 Å². The highest BCUT2D eigenvalue weighted by molar-refractivity contribution is 6.05. The molecule has 4 aromatic rings. The topological polar surface area (TPSA) is 109 Å². The smallest absolute Gasteiger partial charge is 0.255 e. The normalized spacial score (nSPS) is 10.6. The molecule has 0 aliphatic carbocycles. The van der Waals surface area contributed by atoms with Gasteiger partial charge in [0.15, 0.2) is 0 Å². The summed E-state index contributed by atoms with van der Waals surface area (Å²) in [5.41, 5.74) is 4.06. The Morgan fingerprint density at radius 1 is 0.853 bits per heavy atom. The molecule has 34 heavy (non-hydrogen) atoms. The Hall–Kier alpha value is -4.85. The summed E-state index contributed by atoms with van der Waals surface area (Å²) >= 11 is 0. The van der Waals surface area contributed by atoms with E-state index in [-0.39, 0.29) is 11.8 Å². The molecule has 0 atom stereocenters. The number of nitrogens with one attached hydrogen (secondary N) is 3. The number of hydrogen-bond acceptors (Lipinski definition) is 6. The van der Waals surface area contributed by atoms with Crippen molar-refractivity contribution in [3.05, 3.63) is 103 Å². The zero-order valence-corrected chi connectivity index (χ0v) is 18.4. The molecule has 2 amide bonds. The van der Waals surface area contributed by atoms with E-state index in [4.69, 9.17) is 0 Å². The predicted octanol–water partition coefficient (Wildman–Crippen LogP) is 5.05. The van der Waals surface area contributed by atoms with Crippen LogP contribution in [-0.2, 0) is 4.79 Å². The largest absolute Gasteiger partial charge is 0.324 e. The average molecular weight is 451 g/mol. The average Bonchev–Trinajstić information content (AvgIpc) is 2.85. The number of carbonyl (C=O) groups excluding carboxylic acids is 2. The molecular weight excluding hydrogens is 428 g/mol. The van der Waals surface area contributed by atoms with E-state index in [9.17, 15) is 9.59 Å². The second-order valence-electron chi connectivity index (χ2n) is 7.23. The maximum Gasteiger partial charge on any atom is 0.255 e. The molecule has 0 unspecified atom stereocenters. The van der Waals surface area contributed by atoms with Crippen molar-refractivity contribution in [3.63, 3.8) is 0 Å². The van der Waals surface area contributed by atoms with Crippen LogP contribution >= 0.6 is 0 Å². The van der Waals surface area contributed by atoms with Gasteiger partial charge in [-0.2, -0.15) is 0 Å². The Morgan fingerprint density at radius 3 is 2.44 bits per heavy atom. The van der Waals surface area contributed by atoms with Gasteiger partial charge in [-0.15, -0.1) is 0 Å². The first kappa shape index (κ1) is 22.3. The molecule has 0 aliphatic rings. The van der Waals surface area contributed by atoms with Gasteiger partial charge in [0.25, 0.3) is 5.91 Å². The molecule has 0 saturated heterocycles. The third-order valence-corrected chi connectivity index (χ3v) is 4.72. The van der Waals surface area contributed by atoms with Crippen molar-refractivity contribution in [2.45, 2.75) is 6.92 Å². The molecular formula is C26H22N6O2. The first-order chi connectivity index (χ1) is 16.6. The van der Waals surface area contributed by atoms with E-state index >= 15 is 0 Å². The summed E-state index contributed by atoms with van der Waals surface area (Å²) in [7, 11) is 0. The number of pyridine rings is 1. The van der Waals surface area contributed by atoms with E-state index < -0.39 is 0 Å². The Kier molecular flexibility index (Phi) is 7.00. The van der Waals surface area contributed by atoms with Crippen LogP contribution in [0.3, 0.4) is 0 Å². The lowest BCUT2D eigenvalue weighted by Crippen LogP contribution is -2.12. The zero-order valence-electron chi connectivity index (χ0n) is 18.4. The molecule has 0 spiro atoms. The molecule has 0 fully saturated rings. The van der Waals surface area contributed by atoms with Crippen LogP contribution in [0.4, 0.5) is 23.0 Å². The maximum absolute atomic E-state index is 12.7. The molecule has 8 heteroatoms. The summed E-state index contributed by atoms with van der Waals surface area (Å²) in [6.07, 6.45) is 8.21. The van der Waals surface area contributed by atoms with Crippen LogP contribution < -0.4 is 16.0 Å². The van der Waals surface area contributed by atoms with Gasteiger partial charge in [0.2, 0.25) is 11.9 Å². The summed E-state index contributed by atoms with van der Waals surface area (Å²) in [6, 6.07) is 19.5. The number of aromatic nitrogens is 3. The van der Waals surface area contributed by atoms with Crippen LogP contribution in [0.2, 0.25) is 0 Å². The summed E-state index contributed by atoms with van der Waals surface area (Å²) in [5.74, 6) is -0.0577. The lowest BCUT2D eigenvalue weighted by Gasteiger charge is -2.10. The Balaban J connectivity index is 1.42. The number of nitrogens with zero attached hydrogens (tertiary/aromatic N) is 3. The van der Waals surface area contributed by atoms with Crippen LogP contribution in [0.5, 0.6) is 0 Å². The highest BCUT2D eigenvalue weighted by Crippen LogP contribution is 2.21. The van der Waals surface area contributed by atoms with Crippen LogP contribution in [0.15, 0.2) is 97.5 Å². The first-order valence-corrected chi connectivity index (χ1v) is 10.6. The standard InChI is InChI=1S/C26H22N6O2/c1-2-5-24(33)29-20-11-9-18(10-12-20)25(34)30-21-7-3-8-22(16-21)31-26-28-15-13-23(32-26)19-6-4-14-27-17-19/h2-17H,1H3,(H,29,33)(H,30,34)(H,28,31,32)/b5-2+. The first-order valence-electron chi connectivity index (χ1n) is 10.6. The molecule has 2 aromatic carbocycles. The highest BCUT2D eigenvalue weighted by Gasteiger charge is 2.08. The van der Waals surface area contributed by atoms with Crippen molar-refractivity contribution in [2.24, 2.45) is 0 Å². The molecule has 2 aromatic heterocycles. The fourth-order valence-electron chi connectivity index (χ4n) is 3.14. The van der Waals surface area contributed by atoms with E-state index in [1.807, 2.05) is 30.3 Å². The minimum atomic E-state index is -0.265. The van der Waals surface area contributed by atoms with Crippen molar-refractivity contribution in [3.8, 4) is 11.3 Å². The van der Waals surface area contributed by atoms with Crippen LogP contribution in [0.1, 0.15) is 17.3 Å². The van der Waals surface area contributed by atoms with Gasteiger partial charge < -0.3 is 16.0 Å². The third kappa shape index (κ3) is 5.89. The second kappa shape index (κ2) is 10.6. The number of benzene rings is 2. The lowest BCUT2D eigenvalue weighted by molar-refractivity contribution is -0.111. The molecule has 0 aliphatic heterocycles. The fraction of sp³-hybridized carbons (Fsp3) is 0.0385. The van der Waals surface area contributed by atoms with Crippen molar-refractivity contribution < 1.29 is 9.59 Å². The monoisotopic (exact) mass is 450 g/mol.